The molecule has 17 heavy (non-hydrogen) atoms. The molecule has 0 saturated carbocycles. The monoisotopic (exact) mass is 311 g/mol. The van der Waals surface area contributed by atoms with Gasteiger partial charge in [0.2, 0.25) is 0 Å². The van der Waals surface area contributed by atoms with Gasteiger partial charge in [-0.25, -0.2) is 9.97 Å². The first-order valence-corrected chi connectivity index (χ1v) is 9.29. The predicted molar refractivity (Wildman–Crippen MR) is 78.2 cm³/mol. The van der Waals surface area contributed by atoms with Gasteiger partial charge in [0.15, 0.2) is 11.5 Å². The summed E-state index contributed by atoms with van der Waals surface area (Å²) >= 11 is 3.28. The lowest BCUT2D eigenvalue weighted by atomic mass is 10.4. The molecule has 3 nitrogen and oxygen atoms in total. The molecule has 0 fully saturated rings. The first-order chi connectivity index (χ1) is 8.06. The van der Waals surface area contributed by atoms with Gasteiger partial charge in [0.05, 0.1) is 6.20 Å². The van der Waals surface area contributed by atoms with E-state index < -0.39 is 8.07 Å². The number of nitrogens with two attached hydrogens (primary N) is 1. The number of rotatable bonds is 3. The molecule has 0 aliphatic carbocycles. The van der Waals surface area contributed by atoms with Crippen molar-refractivity contribution in [2.45, 2.75) is 38.9 Å². The highest BCUT2D eigenvalue weighted by Crippen LogP contribution is 2.19. The summed E-state index contributed by atoms with van der Waals surface area (Å²) in [6.45, 7) is 6.68. The van der Waals surface area contributed by atoms with Crippen LogP contribution in [0.3, 0.4) is 0 Å². The van der Waals surface area contributed by atoms with E-state index in [-0.39, 0.29) is 0 Å². The number of hydrogen-bond acceptors (Lipinski definition) is 3. The molecule has 0 atom stereocenters. The van der Waals surface area contributed by atoms with E-state index >= 15 is 0 Å². The standard InChI is InChI=1S/C12H18BrN3Si/c1-4-17(5-2,6-3)8-7-10-12(14)15-9-11(13)16-10/h9H,4-6H2,1-3H3,(H2,14,15). The summed E-state index contributed by atoms with van der Waals surface area (Å²) in [7, 11) is -1.44. The SMILES string of the molecule is CC[Si](C#Cc1nc(Br)cnc1N)(CC)CC. The second-order valence-corrected chi connectivity index (χ2v) is 9.76. The average molecular weight is 312 g/mol. The smallest absolute Gasteiger partial charge is 0.158 e. The molecule has 1 rings (SSSR count). The molecule has 5 heteroatoms. The second-order valence-electron chi connectivity index (χ2n) is 4.02. The van der Waals surface area contributed by atoms with Crippen LogP contribution in [0, 0.1) is 11.5 Å². The Morgan fingerprint density at radius 3 is 2.41 bits per heavy atom. The molecular weight excluding hydrogens is 294 g/mol. The fraction of sp³-hybridized carbons (Fsp3) is 0.500. The van der Waals surface area contributed by atoms with Crippen molar-refractivity contribution in [1.29, 1.82) is 0 Å². The lowest BCUT2D eigenvalue weighted by Gasteiger charge is -2.19. The molecule has 0 bridgehead atoms. The Morgan fingerprint density at radius 1 is 1.29 bits per heavy atom. The fourth-order valence-electron chi connectivity index (χ4n) is 1.68. The normalized spacial score (nSPS) is 10.8. The van der Waals surface area contributed by atoms with Crippen molar-refractivity contribution in [3.8, 4) is 11.5 Å². The van der Waals surface area contributed by atoms with E-state index in [2.05, 4.69) is 58.1 Å². The molecule has 0 saturated heterocycles. The lowest BCUT2D eigenvalue weighted by molar-refractivity contribution is 1.15. The van der Waals surface area contributed by atoms with E-state index in [9.17, 15) is 0 Å². The van der Waals surface area contributed by atoms with Crippen LogP contribution in [-0.4, -0.2) is 18.0 Å². The predicted octanol–water partition coefficient (Wildman–Crippen LogP) is 3.22. The van der Waals surface area contributed by atoms with E-state index in [1.165, 1.54) is 18.1 Å². The van der Waals surface area contributed by atoms with Gasteiger partial charge in [-0.1, -0.05) is 26.7 Å². The molecule has 0 spiro atoms. The Bertz CT molecular complexity index is 439. The van der Waals surface area contributed by atoms with Crippen molar-refractivity contribution in [3.05, 3.63) is 16.5 Å². The largest absolute Gasteiger partial charge is 0.381 e. The number of halogens is 1. The molecule has 0 aromatic carbocycles. The van der Waals surface area contributed by atoms with Gasteiger partial charge in [-0.15, -0.1) is 5.54 Å². The molecule has 0 unspecified atom stereocenters. The molecule has 92 valence electrons. The summed E-state index contributed by atoms with van der Waals surface area (Å²) in [5.74, 6) is 3.54. The first-order valence-electron chi connectivity index (χ1n) is 5.88. The zero-order valence-corrected chi connectivity index (χ0v) is 13.1. The second kappa shape index (κ2) is 6.17. The maximum absolute atomic E-state index is 5.76. The van der Waals surface area contributed by atoms with Gasteiger partial charge in [0.1, 0.15) is 12.7 Å². The van der Waals surface area contributed by atoms with Crippen LogP contribution >= 0.6 is 15.9 Å². The minimum Gasteiger partial charge on any atom is -0.381 e. The van der Waals surface area contributed by atoms with Gasteiger partial charge in [0, 0.05) is 0 Å². The molecule has 0 aliphatic rings. The number of aromatic nitrogens is 2. The van der Waals surface area contributed by atoms with Crippen molar-refractivity contribution in [2.75, 3.05) is 5.73 Å². The summed E-state index contributed by atoms with van der Waals surface area (Å²) in [6.07, 6.45) is 1.59. The highest BCUT2D eigenvalue weighted by atomic mass is 79.9. The van der Waals surface area contributed by atoms with Crippen LogP contribution in [0.1, 0.15) is 26.5 Å². The molecule has 0 aliphatic heterocycles. The summed E-state index contributed by atoms with van der Waals surface area (Å²) in [6, 6.07) is 3.52. The molecule has 1 aromatic heterocycles. The molecular formula is C12H18BrN3Si. The molecule has 0 amide bonds. The molecule has 1 heterocycles. The molecule has 1 aromatic rings. The van der Waals surface area contributed by atoms with E-state index in [1.807, 2.05) is 0 Å². The zero-order chi connectivity index (χ0) is 12.9. The number of nitrogens with zero attached hydrogens (tertiary/aromatic N) is 2. The topological polar surface area (TPSA) is 51.8 Å². The fourth-order valence-corrected chi connectivity index (χ4v) is 4.37. The quantitative estimate of drug-likeness (QED) is 0.689. The van der Waals surface area contributed by atoms with Crippen molar-refractivity contribution in [1.82, 2.24) is 9.97 Å². The lowest BCUT2D eigenvalue weighted by Crippen LogP contribution is -2.29. The zero-order valence-electron chi connectivity index (χ0n) is 10.5. The summed E-state index contributed by atoms with van der Waals surface area (Å²) in [5, 5.41) is 0. The number of hydrogen-bond donors (Lipinski definition) is 1. The molecule has 2 N–H and O–H groups in total. The van der Waals surface area contributed by atoms with Crippen molar-refractivity contribution in [2.24, 2.45) is 0 Å². The van der Waals surface area contributed by atoms with Crippen molar-refractivity contribution >= 4 is 29.8 Å². The first kappa shape index (κ1) is 14.2. The van der Waals surface area contributed by atoms with E-state index in [0.29, 0.717) is 16.1 Å². The summed E-state index contributed by atoms with van der Waals surface area (Å²) < 4.78 is 0.674. The average Bonchev–Trinajstić information content (AvgIpc) is 2.35. The van der Waals surface area contributed by atoms with Crippen LogP contribution < -0.4 is 5.73 Å². The number of nitrogen functional groups attached to an aromatic ring is 1. The summed E-state index contributed by atoms with van der Waals surface area (Å²) in [5.41, 5.74) is 9.80. The Labute approximate surface area is 112 Å². The Kier molecular flexibility index (Phi) is 5.16. The van der Waals surface area contributed by atoms with Gasteiger partial charge < -0.3 is 5.73 Å². The van der Waals surface area contributed by atoms with Crippen LogP contribution in [-0.2, 0) is 0 Å². The van der Waals surface area contributed by atoms with Gasteiger partial charge in [-0.3, -0.25) is 0 Å². The third-order valence-corrected chi connectivity index (χ3v) is 8.35. The van der Waals surface area contributed by atoms with Crippen molar-refractivity contribution in [3.63, 3.8) is 0 Å². The van der Waals surface area contributed by atoms with Gasteiger partial charge in [-0.05, 0) is 34.1 Å². The Balaban J connectivity index is 3.08. The van der Waals surface area contributed by atoms with Crippen LogP contribution in [0.25, 0.3) is 0 Å². The summed E-state index contributed by atoms with van der Waals surface area (Å²) in [4.78, 5) is 8.29. The van der Waals surface area contributed by atoms with Gasteiger partial charge in [0.25, 0.3) is 0 Å². The van der Waals surface area contributed by atoms with Gasteiger partial charge >= 0.3 is 0 Å². The van der Waals surface area contributed by atoms with Gasteiger partial charge in [-0.2, -0.15) is 0 Å². The Hall–Kier alpha value is -0.863. The van der Waals surface area contributed by atoms with E-state index in [4.69, 9.17) is 5.73 Å². The highest BCUT2D eigenvalue weighted by molar-refractivity contribution is 9.10. The third kappa shape index (κ3) is 3.55. The van der Waals surface area contributed by atoms with E-state index in [1.54, 1.807) is 6.20 Å². The minimum atomic E-state index is -1.44. The third-order valence-electron chi connectivity index (χ3n) is 3.25. The van der Waals surface area contributed by atoms with Crippen molar-refractivity contribution < 1.29 is 0 Å². The van der Waals surface area contributed by atoms with Crippen LogP contribution in [0.4, 0.5) is 5.82 Å². The number of anilines is 1. The maximum Gasteiger partial charge on any atom is 0.158 e. The van der Waals surface area contributed by atoms with Crippen LogP contribution in [0.2, 0.25) is 18.1 Å². The van der Waals surface area contributed by atoms with Crippen LogP contribution in [0.5, 0.6) is 0 Å². The Morgan fingerprint density at radius 2 is 1.88 bits per heavy atom. The highest BCUT2D eigenvalue weighted by Gasteiger charge is 2.24. The minimum absolute atomic E-state index is 0.409. The van der Waals surface area contributed by atoms with Crippen LogP contribution in [0.15, 0.2) is 10.8 Å². The maximum atomic E-state index is 5.76. The molecule has 0 radical (unpaired) electrons. The van der Waals surface area contributed by atoms with E-state index in [0.717, 1.165) is 0 Å².